The predicted molar refractivity (Wildman–Crippen MR) is 76.8 cm³/mol. The molecule has 1 N–H and O–H groups in total. The largest absolute Gasteiger partial charge is 0.316 e. The molecule has 1 aliphatic carbocycles. The second-order valence-corrected chi connectivity index (χ2v) is 7.12. The molecule has 17 heavy (non-hydrogen) atoms. The fourth-order valence-electron chi connectivity index (χ4n) is 2.87. The molecule has 1 saturated carbocycles. The van der Waals surface area contributed by atoms with Gasteiger partial charge in [-0.2, -0.15) is 0 Å². The Morgan fingerprint density at radius 2 is 2.18 bits per heavy atom. The quantitative estimate of drug-likeness (QED) is 0.827. The molecular weight excluding hydrogens is 226 g/mol. The van der Waals surface area contributed by atoms with E-state index in [4.69, 9.17) is 0 Å². The van der Waals surface area contributed by atoms with E-state index in [-0.39, 0.29) is 0 Å². The smallest absolute Gasteiger partial charge is 0.00822 e. The molecule has 1 aromatic rings. The van der Waals surface area contributed by atoms with E-state index >= 15 is 0 Å². The first-order valence-electron chi connectivity index (χ1n) is 6.94. The van der Waals surface area contributed by atoms with E-state index in [0.717, 1.165) is 24.3 Å². The molecule has 0 aliphatic heterocycles. The molecule has 0 saturated heterocycles. The molecule has 0 amide bonds. The summed E-state index contributed by atoms with van der Waals surface area (Å²) < 4.78 is 0. The first-order chi connectivity index (χ1) is 8.16. The van der Waals surface area contributed by atoms with Gasteiger partial charge in [0.1, 0.15) is 0 Å². The molecule has 1 aliphatic rings. The Morgan fingerprint density at radius 1 is 1.35 bits per heavy atom. The lowest BCUT2D eigenvalue weighted by atomic mass is 9.94. The maximum atomic E-state index is 3.64. The van der Waals surface area contributed by atoms with Crippen molar-refractivity contribution >= 4 is 11.3 Å². The van der Waals surface area contributed by atoms with E-state index in [2.05, 4.69) is 38.2 Å². The third-order valence-corrected chi connectivity index (χ3v) is 4.88. The van der Waals surface area contributed by atoms with Gasteiger partial charge >= 0.3 is 0 Å². The molecule has 0 radical (unpaired) electrons. The molecule has 1 aromatic heterocycles. The molecule has 2 heteroatoms. The van der Waals surface area contributed by atoms with Crippen molar-refractivity contribution in [2.75, 3.05) is 13.1 Å². The summed E-state index contributed by atoms with van der Waals surface area (Å²) in [6, 6.07) is 4.63. The standard InChI is InChI=1S/C15H25NS/c1-11(2)9-16-10-13-5-4-6-14(13)15-8-7-12(3)17-15/h7-8,11,13-14,16H,4-6,9-10H2,1-3H3. The molecule has 1 nitrogen and oxygen atoms in total. The fourth-order valence-corrected chi connectivity index (χ4v) is 3.97. The van der Waals surface area contributed by atoms with Crippen LogP contribution in [0, 0.1) is 18.8 Å². The van der Waals surface area contributed by atoms with Gasteiger partial charge in [-0.15, -0.1) is 11.3 Å². The van der Waals surface area contributed by atoms with Crippen LogP contribution in [0.25, 0.3) is 0 Å². The highest BCUT2D eigenvalue weighted by Crippen LogP contribution is 2.41. The van der Waals surface area contributed by atoms with E-state index in [1.165, 1.54) is 30.7 Å². The first-order valence-corrected chi connectivity index (χ1v) is 7.75. The molecule has 0 bridgehead atoms. The van der Waals surface area contributed by atoms with Crippen molar-refractivity contribution < 1.29 is 0 Å². The minimum atomic E-state index is 0.763. The number of hydrogen-bond acceptors (Lipinski definition) is 2. The summed E-state index contributed by atoms with van der Waals surface area (Å²) >= 11 is 2.00. The van der Waals surface area contributed by atoms with Gasteiger partial charge in [-0.05, 0) is 62.7 Å². The van der Waals surface area contributed by atoms with Crippen LogP contribution < -0.4 is 5.32 Å². The first kappa shape index (κ1) is 13.1. The van der Waals surface area contributed by atoms with Crippen LogP contribution in [0.2, 0.25) is 0 Å². The molecule has 2 atom stereocenters. The number of nitrogens with one attached hydrogen (secondary N) is 1. The van der Waals surface area contributed by atoms with E-state index in [1.54, 1.807) is 4.88 Å². The van der Waals surface area contributed by atoms with Crippen molar-refractivity contribution in [1.82, 2.24) is 5.32 Å². The molecule has 96 valence electrons. The highest BCUT2D eigenvalue weighted by molar-refractivity contribution is 7.12. The fraction of sp³-hybridized carbons (Fsp3) is 0.733. The van der Waals surface area contributed by atoms with Crippen LogP contribution in [-0.2, 0) is 0 Å². The highest BCUT2D eigenvalue weighted by Gasteiger charge is 2.29. The maximum Gasteiger partial charge on any atom is 0.00822 e. The molecule has 1 heterocycles. The van der Waals surface area contributed by atoms with Crippen molar-refractivity contribution in [2.24, 2.45) is 11.8 Å². The van der Waals surface area contributed by atoms with Gasteiger partial charge in [-0.3, -0.25) is 0 Å². The van der Waals surface area contributed by atoms with Crippen LogP contribution in [0.3, 0.4) is 0 Å². The predicted octanol–water partition coefficient (Wildman–Crippen LogP) is 4.19. The summed E-state index contributed by atoms with van der Waals surface area (Å²) in [7, 11) is 0. The van der Waals surface area contributed by atoms with E-state index in [9.17, 15) is 0 Å². The Morgan fingerprint density at radius 3 is 2.82 bits per heavy atom. The number of rotatable bonds is 5. The maximum absolute atomic E-state index is 3.64. The van der Waals surface area contributed by atoms with Crippen LogP contribution in [0.15, 0.2) is 12.1 Å². The Hall–Kier alpha value is -0.340. The Kier molecular flexibility index (Phi) is 4.63. The third kappa shape index (κ3) is 3.56. The second-order valence-electron chi connectivity index (χ2n) is 5.80. The van der Waals surface area contributed by atoms with Crippen LogP contribution >= 0.6 is 11.3 Å². The van der Waals surface area contributed by atoms with Crippen molar-refractivity contribution in [3.8, 4) is 0 Å². The topological polar surface area (TPSA) is 12.0 Å². The van der Waals surface area contributed by atoms with Gasteiger partial charge in [0.15, 0.2) is 0 Å². The molecule has 1 fully saturated rings. The van der Waals surface area contributed by atoms with E-state index in [1.807, 2.05) is 11.3 Å². The van der Waals surface area contributed by atoms with Gasteiger partial charge in [0.2, 0.25) is 0 Å². The molecule has 0 aromatic carbocycles. The average Bonchev–Trinajstić information content (AvgIpc) is 2.86. The lowest BCUT2D eigenvalue weighted by molar-refractivity contribution is 0.428. The van der Waals surface area contributed by atoms with Crippen molar-refractivity contribution in [3.05, 3.63) is 21.9 Å². The van der Waals surface area contributed by atoms with Gasteiger partial charge in [-0.25, -0.2) is 0 Å². The Bertz CT molecular complexity index is 342. The summed E-state index contributed by atoms with van der Waals surface area (Å²) in [5.41, 5.74) is 0. The molecular formula is C15H25NS. The van der Waals surface area contributed by atoms with Crippen molar-refractivity contribution in [2.45, 2.75) is 46.0 Å². The molecule has 2 unspecified atom stereocenters. The average molecular weight is 251 g/mol. The Balaban J connectivity index is 1.89. The van der Waals surface area contributed by atoms with Crippen LogP contribution in [-0.4, -0.2) is 13.1 Å². The summed E-state index contributed by atoms with van der Waals surface area (Å²) in [4.78, 5) is 3.08. The zero-order valence-electron chi connectivity index (χ0n) is 11.3. The summed E-state index contributed by atoms with van der Waals surface area (Å²) in [5, 5.41) is 3.64. The minimum Gasteiger partial charge on any atom is -0.316 e. The molecule has 2 rings (SSSR count). The number of thiophene rings is 1. The van der Waals surface area contributed by atoms with Gasteiger partial charge in [-0.1, -0.05) is 20.3 Å². The molecule has 0 spiro atoms. The number of aryl methyl sites for hydroxylation is 1. The second kappa shape index (κ2) is 6.01. The van der Waals surface area contributed by atoms with Crippen LogP contribution in [0.4, 0.5) is 0 Å². The van der Waals surface area contributed by atoms with Gasteiger partial charge in [0, 0.05) is 9.75 Å². The minimum absolute atomic E-state index is 0.763. The van der Waals surface area contributed by atoms with Crippen molar-refractivity contribution in [1.29, 1.82) is 0 Å². The van der Waals surface area contributed by atoms with Crippen LogP contribution in [0.1, 0.15) is 48.8 Å². The van der Waals surface area contributed by atoms with Gasteiger partial charge in [0.05, 0.1) is 0 Å². The van der Waals surface area contributed by atoms with Crippen molar-refractivity contribution in [3.63, 3.8) is 0 Å². The zero-order valence-corrected chi connectivity index (χ0v) is 12.1. The highest BCUT2D eigenvalue weighted by atomic mass is 32.1. The van der Waals surface area contributed by atoms with Gasteiger partial charge in [0.25, 0.3) is 0 Å². The lowest BCUT2D eigenvalue weighted by Gasteiger charge is -2.19. The lowest BCUT2D eigenvalue weighted by Crippen LogP contribution is -2.27. The summed E-state index contributed by atoms with van der Waals surface area (Å²) in [6.45, 7) is 9.14. The van der Waals surface area contributed by atoms with E-state index < -0.39 is 0 Å². The summed E-state index contributed by atoms with van der Waals surface area (Å²) in [6.07, 6.45) is 4.22. The third-order valence-electron chi connectivity index (χ3n) is 3.74. The SMILES string of the molecule is Cc1ccc(C2CCCC2CNCC(C)C)s1. The van der Waals surface area contributed by atoms with Crippen LogP contribution in [0.5, 0.6) is 0 Å². The monoisotopic (exact) mass is 251 g/mol. The van der Waals surface area contributed by atoms with E-state index in [0.29, 0.717) is 0 Å². The Labute approximate surface area is 110 Å². The van der Waals surface area contributed by atoms with Gasteiger partial charge < -0.3 is 5.32 Å². The number of hydrogen-bond donors (Lipinski definition) is 1. The normalized spacial score (nSPS) is 24.7. The summed E-state index contributed by atoms with van der Waals surface area (Å²) in [5.74, 6) is 2.46. The zero-order chi connectivity index (χ0) is 12.3.